The van der Waals surface area contributed by atoms with Crippen molar-refractivity contribution in [3.8, 4) is 28.5 Å². The second-order valence-electron chi connectivity index (χ2n) is 13.9. The van der Waals surface area contributed by atoms with Gasteiger partial charge in [-0.15, -0.1) is 0 Å². The van der Waals surface area contributed by atoms with Crippen molar-refractivity contribution in [1.82, 2.24) is 39.7 Å². The molecule has 256 valence electrons. The number of amides is 2. The van der Waals surface area contributed by atoms with Crippen LogP contribution in [0.3, 0.4) is 0 Å². The van der Waals surface area contributed by atoms with Gasteiger partial charge >= 0.3 is 0 Å². The molecule has 6 heterocycles. The van der Waals surface area contributed by atoms with Gasteiger partial charge in [-0.1, -0.05) is 30.3 Å². The van der Waals surface area contributed by atoms with Crippen LogP contribution in [0.4, 0.5) is 5.69 Å². The number of aryl methyl sites for hydroxylation is 1. The first-order valence-corrected chi connectivity index (χ1v) is 17.3. The summed E-state index contributed by atoms with van der Waals surface area (Å²) in [5, 5.41) is 13.0. The van der Waals surface area contributed by atoms with E-state index in [1.54, 1.807) is 17.2 Å². The van der Waals surface area contributed by atoms with Crippen LogP contribution in [0.25, 0.3) is 39.1 Å². The molecule has 50 heavy (non-hydrogen) atoms. The van der Waals surface area contributed by atoms with Gasteiger partial charge in [0.25, 0.3) is 0 Å². The molecule has 3 aliphatic rings. The van der Waals surface area contributed by atoms with Crippen LogP contribution < -0.4 is 9.64 Å². The zero-order valence-corrected chi connectivity index (χ0v) is 28.7. The van der Waals surface area contributed by atoms with Crippen molar-refractivity contribution in [3.63, 3.8) is 0 Å². The van der Waals surface area contributed by atoms with E-state index in [1.807, 2.05) is 73.2 Å². The number of hydrogen-bond donors (Lipinski definition) is 1. The van der Waals surface area contributed by atoms with Crippen LogP contribution >= 0.6 is 0 Å². The van der Waals surface area contributed by atoms with E-state index in [1.165, 1.54) is 5.57 Å². The number of hydrogen-bond acceptors (Lipinski definition) is 8. The molecule has 2 aromatic carbocycles. The fourth-order valence-corrected chi connectivity index (χ4v) is 7.51. The van der Waals surface area contributed by atoms with Crippen molar-refractivity contribution >= 4 is 34.0 Å². The van der Waals surface area contributed by atoms with Gasteiger partial charge in [0.2, 0.25) is 17.7 Å². The zero-order chi connectivity index (χ0) is 34.4. The first-order valence-electron chi connectivity index (χ1n) is 17.3. The number of carbonyl (C=O) groups excluding carboxylic acids is 2. The average Bonchev–Trinajstić information content (AvgIpc) is 3.92. The highest BCUT2D eigenvalue weighted by atomic mass is 16.5. The summed E-state index contributed by atoms with van der Waals surface area (Å²) >= 11 is 0. The predicted octanol–water partition coefficient (Wildman–Crippen LogP) is 4.95. The second kappa shape index (κ2) is 12.8. The summed E-state index contributed by atoms with van der Waals surface area (Å²) in [5.41, 5.74) is 6.35. The molecule has 1 atom stereocenters. The van der Waals surface area contributed by atoms with Gasteiger partial charge in [0.05, 0.1) is 23.6 Å². The topological polar surface area (TPSA) is 125 Å². The minimum atomic E-state index is -0.462. The Bertz CT molecular complexity index is 2080. The molecule has 8 rings (SSSR count). The second-order valence-corrected chi connectivity index (χ2v) is 13.9. The normalized spacial score (nSPS) is 19.7. The standard InChI is InChI=1S/C38H41N9O3/c1-25(2)50-33-11-8-29(21-39-33)35-31-20-30(9-10-32(31)41-42-35)47-19-15-38(37(47)49)14-18-45(23-38)22-34(48)46-16-12-27(13-17-46)26-4-6-28(7-5-26)36-40-24-44(3)43-36/h4-12,20-21,24-25H,13-19,22-23H2,1-3H3,(H,41,42)/t38-/m1/s1. The van der Waals surface area contributed by atoms with E-state index in [0.717, 1.165) is 64.8 Å². The van der Waals surface area contributed by atoms with Gasteiger partial charge < -0.3 is 14.5 Å². The lowest BCUT2D eigenvalue weighted by molar-refractivity contribution is -0.132. The third-order valence-corrected chi connectivity index (χ3v) is 10.2. The molecule has 2 saturated heterocycles. The van der Waals surface area contributed by atoms with Crippen LogP contribution in [-0.4, -0.2) is 96.9 Å². The lowest BCUT2D eigenvalue weighted by Crippen LogP contribution is -2.43. The molecule has 1 N–H and O–H groups in total. The van der Waals surface area contributed by atoms with E-state index in [2.05, 4.69) is 48.4 Å². The number of carbonyl (C=O) groups is 2. The fraction of sp³-hybridized carbons (Fsp3) is 0.368. The molecule has 12 nitrogen and oxygen atoms in total. The largest absolute Gasteiger partial charge is 0.475 e. The number of nitrogens with zero attached hydrogens (tertiary/aromatic N) is 8. The van der Waals surface area contributed by atoms with E-state index in [0.29, 0.717) is 44.4 Å². The van der Waals surface area contributed by atoms with Crippen molar-refractivity contribution in [1.29, 1.82) is 0 Å². The molecule has 2 amide bonds. The summed E-state index contributed by atoms with van der Waals surface area (Å²) in [5.74, 6) is 1.54. The minimum absolute atomic E-state index is 0.0454. The quantitative estimate of drug-likeness (QED) is 0.246. The number of anilines is 1. The van der Waals surface area contributed by atoms with Gasteiger partial charge in [-0.3, -0.25) is 24.3 Å². The number of pyridine rings is 1. The minimum Gasteiger partial charge on any atom is -0.475 e. The van der Waals surface area contributed by atoms with Crippen molar-refractivity contribution in [2.45, 2.75) is 39.2 Å². The van der Waals surface area contributed by atoms with E-state index in [9.17, 15) is 9.59 Å². The number of H-pyrrole nitrogens is 1. The van der Waals surface area contributed by atoms with E-state index >= 15 is 0 Å². The van der Waals surface area contributed by atoms with E-state index in [-0.39, 0.29) is 17.9 Å². The number of likely N-dealkylation sites (tertiary alicyclic amines) is 1. The van der Waals surface area contributed by atoms with E-state index in [4.69, 9.17) is 4.74 Å². The van der Waals surface area contributed by atoms with Crippen molar-refractivity contribution in [2.24, 2.45) is 12.5 Å². The van der Waals surface area contributed by atoms with Gasteiger partial charge in [0.15, 0.2) is 5.82 Å². The van der Waals surface area contributed by atoms with Gasteiger partial charge in [0.1, 0.15) is 12.0 Å². The van der Waals surface area contributed by atoms with Crippen LogP contribution in [0.5, 0.6) is 5.88 Å². The molecule has 0 radical (unpaired) electrons. The number of benzene rings is 2. The Labute approximate surface area is 290 Å². The highest BCUT2D eigenvalue weighted by Crippen LogP contribution is 2.43. The Morgan fingerprint density at radius 3 is 2.50 bits per heavy atom. The maximum absolute atomic E-state index is 14.0. The molecule has 0 aliphatic carbocycles. The Hall–Kier alpha value is -5.36. The smallest absolute Gasteiger partial charge is 0.237 e. The van der Waals surface area contributed by atoms with Gasteiger partial charge in [-0.05, 0) is 75.1 Å². The summed E-state index contributed by atoms with van der Waals surface area (Å²) in [6.45, 7) is 7.56. The van der Waals surface area contributed by atoms with Crippen LogP contribution in [0.1, 0.15) is 38.7 Å². The van der Waals surface area contributed by atoms with Crippen LogP contribution in [0, 0.1) is 5.41 Å². The first-order chi connectivity index (χ1) is 24.2. The van der Waals surface area contributed by atoms with Crippen molar-refractivity contribution < 1.29 is 14.3 Å². The number of aromatic nitrogens is 6. The van der Waals surface area contributed by atoms with Gasteiger partial charge in [0, 0.05) is 67.7 Å². The van der Waals surface area contributed by atoms with E-state index < -0.39 is 5.41 Å². The highest BCUT2D eigenvalue weighted by Gasteiger charge is 2.51. The summed E-state index contributed by atoms with van der Waals surface area (Å²) in [7, 11) is 1.86. The molecule has 3 aliphatic heterocycles. The third-order valence-electron chi connectivity index (χ3n) is 10.2. The van der Waals surface area contributed by atoms with Gasteiger partial charge in [-0.2, -0.15) is 10.2 Å². The predicted molar refractivity (Wildman–Crippen MR) is 191 cm³/mol. The van der Waals surface area contributed by atoms with Crippen LogP contribution in [-0.2, 0) is 16.6 Å². The summed E-state index contributed by atoms with van der Waals surface area (Å²) in [4.78, 5) is 42.2. The monoisotopic (exact) mass is 671 g/mol. The number of rotatable bonds is 8. The Kier molecular flexibility index (Phi) is 8.18. The Balaban J connectivity index is 0.889. The molecule has 3 aromatic heterocycles. The van der Waals surface area contributed by atoms with Crippen LogP contribution in [0.15, 0.2) is 73.2 Å². The highest BCUT2D eigenvalue weighted by molar-refractivity contribution is 6.03. The Morgan fingerprint density at radius 2 is 1.78 bits per heavy atom. The third kappa shape index (κ3) is 6.04. The van der Waals surface area contributed by atoms with Crippen LogP contribution in [0.2, 0.25) is 0 Å². The first kappa shape index (κ1) is 31.9. The molecule has 0 bridgehead atoms. The fourth-order valence-electron chi connectivity index (χ4n) is 7.51. The number of nitrogens with one attached hydrogen (secondary N) is 1. The maximum Gasteiger partial charge on any atom is 0.237 e. The summed E-state index contributed by atoms with van der Waals surface area (Å²) < 4.78 is 7.40. The molecule has 5 aromatic rings. The lowest BCUT2D eigenvalue weighted by atomic mass is 9.85. The zero-order valence-electron chi connectivity index (χ0n) is 28.7. The maximum atomic E-state index is 14.0. The number of ether oxygens (including phenoxy) is 1. The number of fused-ring (bicyclic) bond motifs is 1. The summed E-state index contributed by atoms with van der Waals surface area (Å²) in [6, 6.07) is 18.1. The molecule has 1 spiro atoms. The molecular weight excluding hydrogens is 630 g/mol. The SMILES string of the molecule is CC(C)Oc1ccc(-c2n[nH]c3ccc(N4CC[C@@]5(CCN(CC(=O)N6CC=C(c7ccc(-c8ncn(C)n8)cc7)CC6)C5)C4=O)cc23)cn1. The molecule has 2 fully saturated rings. The van der Waals surface area contributed by atoms with Crippen molar-refractivity contribution in [3.05, 3.63) is 78.8 Å². The number of aromatic amines is 1. The van der Waals surface area contributed by atoms with Crippen molar-refractivity contribution in [2.75, 3.05) is 44.2 Å². The molecule has 0 saturated carbocycles. The van der Waals surface area contributed by atoms with Gasteiger partial charge in [-0.25, -0.2) is 9.97 Å². The molecule has 0 unspecified atom stereocenters. The summed E-state index contributed by atoms with van der Waals surface area (Å²) in [6.07, 6.45) is 8.02. The Morgan fingerprint density at radius 1 is 0.980 bits per heavy atom. The average molecular weight is 672 g/mol. The lowest BCUT2D eigenvalue weighted by Gasteiger charge is -2.29. The molecule has 12 heteroatoms. The molecular formula is C38H41N9O3.